The number of hydrogen-bond acceptors (Lipinski definition) is 6. The summed E-state index contributed by atoms with van der Waals surface area (Å²) >= 11 is 0. The summed E-state index contributed by atoms with van der Waals surface area (Å²) in [5.74, 6) is -0.470. The van der Waals surface area contributed by atoms with Crippen LogP contribution in [-0.2, 0) is 6.54 Å². The number of carboxylic acids is 1. The number of nitrogens with two attached hydrogens (primary N) is 1. The highest BCUT2D eigenvalue weighted by Crippen LogP contribution is 2.30. The molecule has 9 heteroatoms. The molecule has 0 fully saturated rings. The molecule has 0 unspecified atom stereocenters. The molecular formula is C26H18N6O3. The Kier molecular flexibility index (Phi) is 5.53. The van der Waals surface area contributed by atoms with Crippen molar-refractivity contribution in [2.45, 2.75) is 6.54 Å². The van der Waals surface area contributed by atoms with E-state index < -0.39 is 5.97 Å². The number of aromatic nitrogens is 3. The Morgan fingerprint density at radius 3 is 2.63 bits per heavy atom. The Balaban J connectivity index is 1.66. The molecule has 0 saturated carbocycles. The first-order valence-electron chi connectivity index (χ1n) is 10.6. The Hall–Kier alpha value is -5.23. The zero-order chi connectivity index (χ0) is 24.4. The lowest BCUT2D eigenvalue weighted by Crippen LogP contribution is -2.13. The summed E-state index contributed by atoms with van der Waals surface area (Å²) in [6.45, 7) is 0.247. The van der Waals surface area contributed by atoms with Gasteiger partial charge < -0.3 is 20.1 Å². The first-order chi connectivity index (χ1) is 17.0. The third-order valence-electron chi connectivity index (χ3n) is 5.59. The zero-order valence-electron chi connectivity index (χ0n) is 18.3. The lowest BCUT2D eigenvalue weighted by Gasteiger charge is -2.14. The third-order valence-corrected chi connectivity index (χ3v) is 5.59. The molecule has 0 aliphatic heterocycles. The van der Waals surface area contributed by atoms with Gasteiger partial charge in [-0.05, 0) is 46.7 Å². The van der Waals surface area contributed by atoms with Crippen molar-refractivity contribution in [1.29, 1.82) is 5.26 Å². The highest BCUT2D eigenvalue weighted by atomic mass is 16.5. The highest BCUT2D eigenvalue weighted by Gasteiger charge is 2.18. The number of nitrogens with zero attached hydrogens (tertiary/aromatic N) is 5. The lowest BCUT2D eigenvalue weighted by atomic mass is 10.0. The number of ether oxygens (including phenoxy) is 1. The number of carbonyl (C=O) groups is 1. The number of aliphatic imine (C=N–C) groups is 1. The Morgan fingerprint density at radius 1 is 1.06 bits per heavy atom. The maximum atomic E-state index is 12.1. The molecular weight excluding hydrogens is 444 g/mol. The fourth-order valence-corrected chi connectivity index (χ4v) is 4.04. The normalized spacial score (nSPS) is 11.5. The van der Waals surface area contributed by atoms with Crippen LogP contribution >= 0.6 is 0 Å². The molecule has 5 aromatic rings. The van der Waals surface area contributed by atoms with Gasteiger partial charge in [-0.2, -0.15) is 10.3 Å². The standard InChI is InChI=1S/C26H18N6O3/c27-15-31-24(28)18-7-6-17-12-23(25(33)34)32(22(17)13-18)14-19-11-20(35-26-29-8-3-9-30-26)10-16-4-1-2-5-21(16)19/h1-13H,14H2,(H2,28,31)(H,33,34). The minimum absolute atomic E-state index is 0.0581. The number of hydrogen-bond donors (Lipinski definition) is 2. The Bertz CT molecular complexity index is 1650. The van der Waals surface area contributed by atoms with Crippen molar-refractivity contribution in [2.24, 2.45) is 10.7 Å². The van der Waals surface area contributed by atoms with Crippen molar-refractivity contribution in [1.82, 2.24) is 14.5 Å². The van der Waals surface area contributed by atoms with E-state index in [1.165, 1.54) is 0 Å². The number of benzene rings is 3. The number of carboxylic acid groups (broad SMARTS) is 1. The van der Waals surface area contributed by atoms with Crippen LogP contribution in [0.3, 0.4) is 0 Å². The topological polar surface area (TPSA) is 139 Å². The first-order valence-corrected chi connectivity index (χ1v) is 10.6. The van der Waals surface area contributed by atoms with E-state index in [1.54, 1.807) is 53.5 Å². The van der Waals surface area contributed by atoms with Gasteiger partial charge in [0.1, 0.15) is 17.3 Å². The molecule has 0 saturated heterocycles. The molecule has 0 aliphatic carbocycles. The maximum absolute atomic E-state index is 12.1. The SMILES string of the molecule is N#CN=C(N)c1ccc2cc(C(=O)O)n(Cc3cc(Oc4ncccn4)cc4ccccc34)c2c1. The van der Waals surface area contributed by atoms with E-state index in [-0.39, 0.29) is 24.1 Å². The average molecular weight is 462 g/mol. The second-order valence-electron chi connectivity index (χ2n) is 7.73. The number of rotatable bonds is 6. The minimum atomic E-state index is -1.06. The van der Waals surface area contributed by atoms with E-state index in [9.17, 15) is 9.90 Å². The van der Waals surface area contributed by atoms with Gasteiger partial charge >= 0.3 is 12.0 Å². The van der Waals surface area contributed by atoms with Crippen LogP contribution in [0.1, 0.15) is 21.6 Å². The Labute approximate surface area is 199 Å². The second kappa shape index (κ2) is 8.96. The quantitative estimate of drug-likeness (QED) is 0.218. The van der Waals surface area contributed by atoms with E-state index in [0.717, 1.165) is 21.7 Å². The van der Waals surface area contributed by atoms with Crippen LogP contribution in [-0.4, -0.2) is 31.4 Å². The zero-order valence-corrected chi connectivity index (χ0v) is 18.3. The van der Waals surface area contributed by atoms with Crippen molar-refractivity contribution in [3.05, 3.63) is 95.9 Å². The van der Waals surface area contributed by atoms with Crippen LogP contribution in [0.2, 0.25) is 0 Å². The van der Waals surface area contributed by atoms with Crippen molar-refractivity contribution < 1.29 is 14.6 Å². The fourth-order valence-electron chi connectivity index (χ4n) is 4.04. The third kappa shape index (κ3) is 4.24. The molecule has 0 spiro atoms. The molecule has 170 valence electrons. The van der Waals surface area contributed by atoms with E-state index in [0.29, 0.717) is 16.8 Å². The summed E-state index contributed by atoms with van der Waals surface area (Å²) in [6, 6.07) is 20.2. The van der Waals surface area contributed by atoms with Gasteiger partial charge in [0.15, 0.2) is 0 Å². The summed E-state index contributed by atoms with van der Waals surface area (Å²) in [4.78, 5) is 24.0. The van der Waals surface area contributed by atoms with Crippen LogP contribution in [0.4, 0.5) is 0 Å². The van der Waals surface area contributed by atoms with E-state index >= 15 is 0 Å². The van der Waals surface area contributed by atoms with Crippen molar-refractivity contribution in [2.75, 3.05) is 0 Å². The fraction of sp³-hybridized carbons (Fsp3) is 0.0385. The largest absolute Gasteiger partial charge is 0.477 e. The summed E-state index contributed by atoms with van der Waals surface area (Å²) in [5, 5.41) is 21.4. The molecule has 3 N–H and O–H groups in total. The first kappa shape index (κ1) is 21.6. The number of amidine groups is 1. The van der Waals surface area contributed by atoms with Gasteiger partial charge in [-0.1, -0.05) is 36.4 Å². The molecule has 2 heterocycles. The van der Waals surface area contributed by atoms with Crippen LogP contribution < -0.4 is 10.5 Å². The van der Waals surface area contributed by atoms with Crippen LogP contribution in [0.15, 0.2) is 84.1 Å². The van der Waals surface area contributed by atoms with Gasteiger partial charge in [0.05, 0.1) is 0 Å². The van der Waals surface area contributed by atoms with Crippen LogP contribution in [0.5, 0.6) is 11.8 Å². The van der Waals surface area contributed by atoms with Crippen LogP contribution in [0, 0.1) is 11.5 Å². The van der Waals surface area contributed by atoms with Gasteiger partial charge in [-0.25, -0.2) is 14.8 Å². The predicted octanol–water partition coefficient (Wildman–Crippen LogP) is 4.31. The maximum Gasteiger partial charge on any atom is 0.352 e. The molecule has 0 bridgehead atoms. The summed E-state index contributed by atoms with van der Waals surface area (Å²) in [5.41, 5.74) is 8.05. The molecule has 2 aromatic heterocycles. The molecule has 3 aromatic carbocycles. The molecule has 0 radical (unpaired) electrons. The summed E-state index contributed by atoms with van der Waals surface area (Å²) < 4.78 is 7.58. The lowest BCUT2D eigenvalue weighted by molar-refractivity contribution is 0.0686. The molecule has 0 atom stereocenters. The predicted molar refractivity (Wildman–Crippen MR) is 130 cm³/mol. The smallest absolute Gasteiger partial charge is 0.352 e. The number of nitriles is 1. The Morgan fingerprint density at radius 2 is 1.86 bits per heavy atom. The van der Waals surface area contributed by atoms with Gasteiger partial charge in [-0.15, -0.1) is 0 Å². The second-order valence-corrected chi connectivity index (χ2v) is 7.73. The summed E-state index contributed by atoms with van der Waals surface area (Å²) in [7, 11) is 0. The van der Waals surface area contributed by atoms with Gasteiger partial charge in [-0.3, -0.25) is 0 Å². The van der Waals surface area contributed by atoms with Crippen molar-refractivity contribution >= 4 is 33.5 Å². The molecule has 35 heavy (non-hydrogen) atoms. The van der Waals surface area contributed by atoms with E-state index in [2.05, 4.69) is 15.0 Å². The monoisotopic (exact) mass is 462 g/mol. The van der Waals surface area contributed by atoms with Crippen LogP contribution in [0.25, 0.3) is 21.7 Å². The number of fused-ring (bicyclic) bond motifs is 2. The summed E-state index contributed by atoms with van der Waals surface area (Å²) in [6.07, 6.45) is 4.86. The van der Waals surface area contributed by atoms with Crippen molar-refractivity contribution in [3.63, 3.8) is 0 Å². The molecule has 5 rings (SSSR count). The highest BCUT2D eigenvalue weighted by molar-refractivity contribution is 6.02. The number of aromatic carboxylic acids is 1. The van der Waals surface area contributed by atoms with Crippen molar-refractivity contribution in [3.8, 4) is 18.0 Å². The van der Waals surface area contributed by atoms with Gasteiger partial charge in [0.25, 0.3) is 0 Å². The van der Waals surface area contributed by atoms with E-state index in [4.69, 9.17) is 15.7 Å². The van der Waals surface area contributed by atoms with Gasteiger partial charge in [0.2, 0.25) is 6.19 Å². The average Bonchev–Trinajstić information content (AvgIpc) is 3.23. The molecule has 0 amide bonds. The van der Waals surface area contributed by atoms with E-state index in [1.807, 2.05) is 36.4 Å². The minimum Gasteiger partial charge on any atom is -0.477 e. The van der Waals surface area contributed by atoms with Gasteiger partial charge in [0, 0.05) is 35.4 Å². The molecule has 9 nitrogen and oxygen atoms in total. The molecule has 0 aliphatic rings.